The molecule has 0 heterocycles. The first-order valence-corrected chi connectivity index (χ1v) is 11.3. The molecule has 0 unspecified atom stereocenters. The van der Waals surface area contributed by atoms with Crippen molar-refractivity contribution in [2.45, 2.75) is 40.0 Å². The topological polar surface area (TPSA) is 100 Å². The molecule has 0 fully saturated rings. The van der Waals surface area contributed by atoms with Gasteiger partial charge in [-0.25, -0.2) is 9.59 Å². The van der Waals surface area contributed by atoms with Crippen molar-refractivity contribution in [3.63, 3.8) is 0 Å². The summed E-state index contributed by atoms with van der Waals surface area (Å²) in [6, 6.07) is 13.4. The van der Waals surface area contributed by atoms with Crippen LogP contribution in [0.15, 0.2) is 60.4 Å². The summed E-state index contributed by atoms with van der Waals surface area (Å²) in [5.41, 5.74) is 0.731. The zero-order valence-electron chi connectivity index (χ0n) is 19.8. The van der Waals surface area contributed by atoms with Crippen LogP contribution in [0, 0.1) is 0 Å². The van der Waals surface area contributed by atoms with Crippen LogP contribution in [0.4, 0.5) is 5.69 Å². The van der Waals surface area contributed by atoms with Gasteiger partial charge in [-0.15, -0.1) is 0 Å². The van der Waals surface area contributed by atoms with Gasteiger partial charge in [-0.2, -0.15) is 0 Å². The van der Waals surface area contributed by atoms with Gasteiger partial charge < -0.3 is 24.3 Å². The van der Waals surface area contributed by atoms with Crippen LogP contribution in [0.25, 0.3) is 0 Å². The number of hydrogen-bond acceptors (Lipinski definition) is 7. The Morgan fingerprint density at radius 2 is 1.59 bits per heavy atom. The predicted octanol–water partition coefficient (Wildman–Crippen LogP) is 4.90. The first-order chi connectivity index (χ1) is 16.5. The number of para-hydroxylation sites is 2. The van der Waals surface area contributed by atoms with Gasteiger partial charge >= 0.3 is 11.9 Å². The highest BCUT2D eigenvalue weighted by atomic mass is 16.6. The van der Waals surface area contributed by atoms with Crippen LogP contribution in [0.2, 0.25) is 0 Å². The predicted molar refractivity (Wildman–Crippen MR) is 128 cm³/mol. The maximum atomic E-state index is 12.8. The molecule has 0 spiro atoms. The minimum absolute atomic E-state index is 0.0963. The molecule has 0 saturated carbocycles. The third kappa shape index (κ3) is 8.61. The Hall–Kier alpha value is -3.81. The van der Waals surface area contributed by atoms with Crippen molar-refractivity contribution in [3.05, 3.63) is 65.9 Å². The quantitative estimate of drug-likeness (QED) is 0.193. The van der Waals surface area contributed by atoms with Crippen LogP contribution < -0.4 is 14.8 Å². The molecule has 0 radical (unpaired) electrons. The molecule has 2 aromatic rings. The van der Waals surface area contributed by atoms with Crippen LogP contribution in [0.3, 0.4) is 0 Å². The van der Waals surface area contributed by atoms with Gasteiger partial charge in [0.05, 0.1) is 31.6 Å². The number of carbonyl (C=O) groups is 3. The maximum absolute atomic E-state index is 12.8. The molecular formula is C26H31NO7. The molecular weight excluding hydrogens is 438 g/mol. The summed E-state index contributed by atoms with van der Waals surface area (Å²) >= 11 is 0. The third-order valence-electron chi connectivity index (χ3n) is 4.50. The molecule has 0 atom stereocenters. The first kappa shape index (κ1) is 26.4. The second-order valence-electron chi connectivity index (χ2n) is 7.11. The molecule has 0 aliphatic rings. The molecule has 2 rings (SSSR count). The number of rotatable bonds is 13. The second kappa shape index (κ2) is 14.4. The normalized spacial score (nSPS) is 10.9. The number of benzene rings is 2. The molecule has 8 heteroatoms. The Kier molecular flexibility index (Phi) is 11.2. The lowest BCUT2D eigenvalue weighted by Gasteiger charge is -2.14. The van der Waals surface area contributed by atoms with Crippen molar-refractivity contribution < 1.29 is 33.3 Å². The van der Waals surface area contributed by atoms with E-state index in [9.17, 15) is 14.4 Å². The van der Waals surface area contributed by atoms with E-state index in [1.807, 2.05) is 0 Å². The number of amides is 1. The van der Waals surface area contributed by atoms with Crippen molar-refractivity contribution >= 4 is 23.5 Å². The standard InChI is InChI=1S/C26H31NO7/c1-4-7-10-17-33-20-15-13-19(14-16-20)25(29)27-21-11-8-9-12-22(21)34-23(26(30)32-6-3)18-24(28)31-5-2/h8-9,11-16,18H,4-7,10,17H2,1-3H3,(H,27,29)/b23-18-. The number of hydrogen-bond donors (Lipinski definition) is 1. The van der Waals surface area contributed by atoms with Crippen molar-refractivity contribution in [1.29, 1.82) is 0 Å². The molecule has 0 saturated heterocycles. The molecule has 34 heavy (non-hydrogen) atoms. The van der Waals surface area contributed by atoms with E-state index in [4.69, 9.17) is 18.9 Å². The van der Waals surface area contributed by atoms with Crippen molar-refractivity contribution in [2.75, 3.05) is 25.1 Å². The highest BCUT2D eigenvalue weighted by Crippen LogP contribution is 2.27. The highest BCUT2D eigenvalue weighted by molar-refractivity contribution is 6.05. The van der Waals surface area contributed by atoms with Crippen molar-refractivity contribution in [1.82, 2.24) is 0 Å². The summed E-state index contributed by atoms with van der Waals surface area (Å²) in [5, 5.41) is 2.76. The molecule has 0 aliphatic heterocycles. The van der Waals surface area contributed by atoms with E-state index in [0.29, 0.717) is 23.6 Å². The molecule has 0 aromatic heterocycles. The van der Waals surface area contributed by atoms with Crippen LogP contribution in [0.1, 0.15) is 50.4 Å². The minimum Gasteiger partial charge on any atom is -0.494 e. The molecule has 0 aliphatic carbocycles. The van der Waals surface area contributed by atoms with E-state index >= 15 is 0 Å². The van der Waals surface area contributed by atoms with Gasteiger partial charge in [-0.05, 0) is 56.7 Å². The Balaban J connectivity index is 2.13. The molecule has 182 valence electrons. The van der Waals surface area contributed by atoms with E-state index in [-0.39, 0.29) is 30.6 Å². The highest BCUT2D eigenvalue weighted by Gasteiger charge is 2.19. The summed E-state index contributed by atoms with van der Waals surface area (Å²) in [6.07, 6.45) is 4.12. The number of esters is 2. The Morgan fingerprint density at radius 1 is 0.882 bits per heavy atom. The van der Waals surface area contributed by atoms with Gasteiger partial charge in [-0.3, -0.25) is 4.79 Å². The average molecular weight is 470 g/mol. The Labute approximate surface area is 199 Å². The van der Waals surface area contributed by atoms with Crippen molar-refractivity contribution in [2.24, 2.45) is 0 Å². The van der Waals surface area contributed by atoms with E-state index in [2.05, 4.69) is 12.2 Å². The molecule has 0 bridgehead atoms. The van der Waals surface area contributed by atoms with E-state index in [1.165, 1.54) is 0 Å². The molecule has 2 aromatic carbocycles. The Morgan fingerprint density at radius 3 is 2.26 bits per heavy atom. The van der Waals surface area contributed by atoms with Crippen LogP contribution in [-0.4, -0.2) is 37.7 Å². The summed E-state index contributed by atoms with van der Waals surface area (Å²) < 4.78 is 21.1. The van der Waals surface area contributed by atoms with Gasteiger partial charge in [0.1, 0.15) is 5.75 Å². The minimum atomic E-state index is -0.828. The smallest absolute Gasteiger partial charge is 0.374 e. The maximum Gasteiger partial charge on any atom is 0.374 e. The summed E-state index contributed by atoms with van der Waals surface area (Å²) in [7, 11) is 0. The summed E-state index contributed by atoms with van der Waals surface area (Å²) in [6.45, 7) is 6.28. The lowest BCUT2D eigenvalue weighted by molar-refractivity contribution is -0.143. The fourth-order valence-electron chi connectivity index (χ4n) is 2.84. The van der Waals surface area contributed by atoms with Gasteiger partial charge in [0.15, 0.2) is 5.75 Å². The SMILES string of the molecule is CCCCCOc1ccc(C(=O)Nc2ccccc2O/C(=C\C(=O)OCC)C(=O)OCC)cc1. The molecule has 1 N–H and O–H groups in total. The van der Waals surface area contributed by atoms with Crippen LogP contribution >= 0.6 is 0 Å². The van der Waals surface area contributed by atoms with E-state index in [1.54, 1.807) is 62.4 Å². The lowest BCUT2D eigenvalue weighted by atomic mass is 10.2. The lowest BCUT2D eigenvalue weighted by Crippen LogP contribution is -2.17. The number of ether oxygens (including phenoxy) is 4. The fraction of sp³-hybridized carbons (Fsp3) is 0.346. The van der Waals surface area contributed by atoms with Gasteiger partial charge in [0.25, 0.3) is 5.91 Å². The molecule has 8 nitrogen and oxygen atoms in total. The van der Waals surface area contributed by atoms with E-state index < -0.39 is 11.9 Å². The van der Waals surface area contributed by atoms with E-state index in [0.717, 1.165) is 25.3 Å². The van der Waals surface area contributed by atoms with Gasteiger partial charge in [0, 0.05) is 5.56 Å². The van der Waals surface area contributed by atoms with Crippen LogP contribution in [0.5, 0.6) is 11.5 Å². The number of anilines is 1. The number of carbonyl (C=O) groups excluding carboxylic acids is 3. The number of nitrogens with one attached hydrogen (secondary N) is 1. The fourth-order valence-corrected chi connectivity index (χ4v) is 2.84. The Bertz CT molecular complexity index is 983. The zero-order valence-corrected chi connectivity index (χ0v) is 19.8. The van der Waals surface area contributed by atoms with Gasteiger partial charge in [-0.1, -0.05) is 31.9 Å². The third-order valence-corrected chi connectivity index (χ3v) is 4.50. The van der Waals surface area contributed by atoms with Crippen LogP contribution in [-0.2, 0) is 19.1 Å². The van der Waals surface area contributed by atoms with Gasteiger partial charge in [0.2, 0.25) is 5.76 Å². The number of unbranched alkanes of at least 4 members (excludes halogenated alkanes) is 2. The largest absolute Gasteiger partial charge is 0.494 e. The zero-order chi connectivity index (χ0) is 24.8. The average Bonchev–Trinajstić information content (AvgIpc) is 2.83. The van der Waals surface area contributed by atoms with Crippen molar-refractivity contribution in [3.8, 4) is 11.5 Å². The summed E-state index contributed by atoms with van der Waals surface area (Å²) in [4.78, 5) is 36.9. The monoisotopic (exact) mass is 469 g/mol. The summed E-state index contributed by atoms with van der Waals surface area (Å²) in [5.74, 6) is -1.45. The second-order valence-corrected chi connectivity index (χ2v) is 7.11. The molecule has 1 amide bonds. The first-order valence-electron chi connectivity index (χ1n) is 11.3.